The summed E-state index contributed by atoms with van der Waals surface area (Å²) >= 11 is 0. The fraction of sp³-hybridized carbons (Fsp3) is 1.00. The first-order chi connectivity index (χ1) is 6.90. The molecule has 0 spiro atoms. The maximum absolute atomic E-state index is 5.53. The van der Waals surface area contributed by atoms with Crippen LogP contribution < -0.4 is 5.32 Å². The van der Waals surface area contributed by atoms with Crippen molar-refractivity contribution in [3.63, 3.8) is 0 Å². The smallest absolute Gasteiger partial charge is 0.0724 e. The third-order valence-electron chi connectivity index (χ3n) is 3.90. The lowest BCUT2D eigenvalue weighted by atomic mass is 9.84. The third kappa shape index (κ3) is 2.48. The molecule has 0 aromatic carbocycles. The number of hydrogen-bond acceptors (Lipinski definition) is 2. The number of nitrogens with one attached hydrogen (secondary N) is 1. The zero-order chi connectivity index (χ0) is 9.80. The van der Waals surface area contributed by atoms with Crippen LogP contribution in [0.5, 0.6) is 0 Å². The first-order valence-electron chi connectivity index (χ1n) is 6.16. The molecule has 2 fully saturated rings. The van der Waals surface area contributed by atoms with Crippen molar-refractivity contribution >= 4 is 0 Å². The summed E-state index contributed by atoms with van der Waals surface area (Å²) in [6.45, 7) is 1.23. The Morgan fingerprint density at radius 3 is 2.50 bits per heavy atom. The summed E-state index contributed by atoms with van der Waals surface area (Å²) in [4.78, 5) is 0. The van der Waals surface area contributed by atoms with Crippen molar-refractivity contribution in [2.24, 2.45) is 5.92 Å². The van der Waals surface area contributed by atoms with Crippen LogP contribution in [-0.2, 0) is 4.74 Å². The van der Waals surface area contributed by atoms with E-state index in [1.165, 1.54) is 51.5 Å². The van der Waals surface area contributed by atoms with Gasteiger partial charge in [-0.3, -0.25) is 0 Å². The van der Waals surface area contributed by atoms with Gasteiger partial charge >= 0.3 is 0 Å². The normalized spacial score (nSPS) is 34.1. The quantitative estimate of drug-likeness (QED) is 0.747. The molecule has 0 aromatic rings. The van der Waals surface area contributed by atoms with Crippen LogP contribution in [0.3, 0.4) is 0 Å². The second-order valence-electron chi connectivity index (χ2n) is 4.87. The molecule has 2 atom stereocenters. The highest BCUT2D eigenvalue weighted by Crippen LogP contribution is 2.26. The van der Waals surface area contributed by atoms with Crippen LogP contribution in [0, 0.1) is 5.92 Å². The van der Waals surface area contributed by atoms with Gasteiger partial charge in [-0.05, 0) is 38.1 Å². The van der Waals surface area contributed by atoms with Gasteiger partial charge in [-0.15, -0.1) is 0 Å². The van der Waals surface area contributed by atoms with Crippen LogP contribution in [0.2, 0.25) is 0 Å². The van der Waals surface area contributed by atoms with Crippen molar-refractivity contribution < 1.29 is 4.74 Å². The van der Waals surface area contributed by atoms with Crippen LogP contribution in [0.15, 0.2) is 0 Å². The molecule has 14 heavy (non-hydrogen) atoms. The predicted molar refractivity (Wildman–Crippen MR) is 58.4 cm³/mol. The molecule has 2 heteroatoms. The van der Waals surface area contributed by atoms with Crippen molar-refractivity contribution in [1.82, 2.24) is 5.32 Å². The minimum absolute atomic E-state index is 0.476. The van der Waals surface area contributed by atoms with E-state index in [0.29, 0.717) is 12.1 Å². The predicted octanol–water partition coefficient (Wildman–Crippen LogP) is 2.33. The van der Waals surface area contributed by atoms with Crippen molar-refractivity contribution in [3.05, 3.63) is 0 Å². The summed E-state index contributed by atoms with van der Waals surface area (Å²) in [6.07, 6.45) is 10.1. The molecule has 2 aliphatic carbocycles. The fourth-order valence-corrected chi connectivity index (χ4v) is 2.63. The molecule has 2 nitrogen and oxygen atoms in total. The van der Waals surface area contributed by atoms with E-state index < -0.39 is 0 Å². The van der Waals surface area contributed by atoms with Gasteiger partial charge in [0.15, 0.2) is 0 Å². The summed E-state index contributed by atoms with van der Waals surface area (Å²) < 4.78 is 5.53. The lowest BCUT2D eigenvalue weighted by Gasteiger charge is -2.34. The summed E-state index contributed by atoms with van der Waals surface area (Å²) in [6, 6.07) is 0.634. The number of ether oxygens (including phenoxy) is 1. The molecule has 0 aromatic heterocycles. The summed E-state index contributed by atoms with van der Waals surface area (Å²) in [5.74, 6) is 0.967. The van der Waals surface area contributed by atoms with Crippen molar-refractivity contribution in [3.8, 4) is 0 Å². The van der Waals surface area contributed by atoms with Gasteiger partial charge < -0.3 is 10.1 Å². The van der Waals surface area contributed by atoms with Crippen LogP contribution in [0.4, 0.5) is 0 Å². The Labute approximate surface area is 87.4 Å². The van der Waals surface area contributed by atoms with Crippen molar-refractivity contribution in [1.29, 1.82) is 0 Å². The zero-order valence-electron chi connectivity index (χ0n) is 9.30. The van der Waals surface area contributed by atoms with Gasteiger partial charge in [0.2, 0.25) is 0 Å². The van der Waals surface area contributed by atoms with Gasteiger partial charge in [0.1, 0.15) is 0 Å². The van der Waals surface area contributed by atoms with Crippen molar-refractivity contribution in [2.45, 2.75) is 57.1 Å². The summed E-state index contributed by atoms with van der Waals surface area (Å²) in [7, 11) is 1.86. The fourth-order valence-electron chi connectivity index (χ4n) is 2.63. The third-order valence-corrected chi connectivity index (χ3v) is 3.90. The highest BCUT2D eigenvalue weighted by molar-refractivity contribution is 4.83. The molecule has 2 unspecified atom stereocenters. The standard InChI is InChI=1S/C12H23NO/c1-14-12-8-3-2-7-11(12)13-9-10-5-4-6-10/h10-13H,2-9H2,1H3. The molecule has 0 saturated heterocycles. The second kappa shape index (κ2) is 5.13. The maximum Gasteiger partial charge on any atom is 0.0724 e. The molecule has 1 N–H and O–H groups in total. The van der Waals surface area contributed by atoms with E-state index in [9.17, 15) is 0 Å². The lowest BCUT2D eigenvalue weighted by Crippen LogP contribution is -2.45. The number of methoxy groups -OCH3 is 1. The van der Waals surface area contributed by atoms with E-state index in [1.54, 1.807) is 0 Å². The largest absolute Gasteiger partial charge is 0.380 e. The summed E-state index contributed by atoms with van der Waals surface area (Å²) in [5, 5.41) is 3.70. The van der Waals surface area contributed by atoms with Gasteiger partial charge in [0.25, 0.3) is 0 Å². The summed E-state index contributed by atoms with van der Waals surface area (Å²) in [5.41, 5.74) is 0. The Morgan fingerprint density at radius 1 is 1.07 bits per heavy atom. The van der Waals surface area contributed by atoms with Crippen LogP contribution in [0.1, 0.15) is 44.9 Å². The Balaban J connectivity index is 1.70. The Kier molecular flexibility index (Phi) is 3.82. The molecule has 0 radical (unpaired) electrons. The van der Waals surface area contributed by atoms with E-state index in [1.807, 2.05) is 7.11 Å². The first-order valence-corrected chi connectivity index (χ1v) is 6.16. The van der Waals surface area contributed by atoms with E-state index in [0.717, 1.165) is 5.92 Å². The van der Waals surface area contributed by atoms with Crippen LogP contribution in [-0.4, -0.2) is 25.8 Å². The van der Waals surface area contributed by atoms with Gasteiger partial charge in [-0.2, -0.15) is 0 Å². The SMILES string of the molecule is COC1CCCCC1NCC1CCC1. The topological polar surface area (TPSA) is 21.3 Å². The Bertz CT molecular complexity index is 168. The molecular formula is C12H23NO. The average molecular weight is 197 g/mol. The second-order valence-corrected chi connectivity index (χ2v) is 4.87. The number of hydrogen-bond donors (Lipinski definition) is 1. The van der Waals surface area contributed by atoms with Gasteiger partial charge in [-0.25, -0.2) is 0 Å². The van der Waals surface area contributed by atoms with Crippen LogP contribution in [0.25, 0.3) is 0 Å². The molecule has 82 valence electrons. The van der Waals surface area contributed by atoms with Gasteiger partial charge in [-0.1, -0.05) is 19.3 Å². The van der Waals surface area contributed by atoms with Crippen LogP contribution >= 0.6 is 0 Å². The van der Waals surface area contributed by atoms with E-state index in [-0.39, 0.29) is 0 Å². The van der Waals surface area contributed by atoms with E-state index >= 15 is 0 Å². The zero-order valence-corrected chi connectivity index (χ0v) is 9.30. The minimum atomic E-state index is 0.476. The van der Waals surface area contributed by atoms with Crippen molar-refractivity contribution in [2.75, 3.05) is 13.7 Å². The van der Waals surface area contributed by atoms with Gasteiger partial charge in [0.05, 0.1) is 6.10 Å². The molecule has 0 bridgehead atoms. The molecular weight excluding hydrogens is 174 g/mol. The highest BCUT2D eigenvalue weighted by atomic mass is 16.5. The lowest BCUT2D eigenvalue weighted by molar-refractivity contribution is 0.0391. The Hall–Kier alpha value is -0.0800. The monoisotopic (exact) mass is 197 g/mol. The number of rotatable bonds is 4. The maximum atomic E-state index is 5.53. The van der Waals surface area contributed by atoms with Gasteiger partial charge in [0, 0.05) is 13.2 Å². The molecule has 2 aliphatic rings. The first kappa shape index (κ1) is 10.4. The molecule has 0 heterocycles. The van der Waals surface area contributed by atoms with E-state index in [2.05, 4.69) is 5.32 Å². The average Bonchev–Trinajstić information content (AvgIpc) is 2.16. The van der Waals surface area contributed by atoms with E-state index in [4.69, 9.17) is 4.74 Å². The molecule has 0 aliphatic heterocycles. The molecule has 2 rings (SSSR count). The minimum Gasteiger partial charge on any atom is -0.380 e. The molecule has 2 saturated carbocycles. The molecule has 0 amide bonds. The highest BCUT2D eigenvalue weighted by Gasteiger charge is 2.26. The Morgan fingerprint density at radius 2 is 1.86 bits per heavy atom.